The van der Waals surface area contributed by atoms with E-state index in [9.17, 15) is 31.5 Å². The number of fused-ring (bicyclic) bond motifs is 1. The highest BCUT2D eigenvalue weighted by Crippen LogP contribution is 2.31. The van der Waals surface area contributed by atoms with E-state index < -0.39 is 28.9 Å². The number of amides is 1. The topological polar surface area (TPSA) is 58.4 Å². The van der Waals surface area contributed by atoms with Crippen LogP contribution in [0.2, 0.25) is 0 Å². The van der Waals surface area contributed by atoms with Crippen molar-refractivity contribution in [1.82, 2.24) is 19.4 Å². The minimum Gasteiger partial charge on any atom is -0.335 e. The lowest BCUT2D eigenvalue weighted by atomic mass is 10.0. The highest BCUT2D eigenvalue weighted by molar-refractivity contribution is 5.82. The van der Waals surface area contributed by atoms with Crippen LogP contribution in [-0.4, -0.2) is 50.4 Å². The number of hydrogen-bond donors (Lipinski definition) is 0. The van der Waals surface area contributed by atoms with Crippen molar-refractivity contribution in [3.63, 3.8) is 0 Å². The first-order chi connectivity index (χ1) is 24.3. The van der Waals surface area contributed by atoms with E-state index in [4.69, 9.17) is 0 Å². The van der Waals surface area contributed by atoms with E-state index in [0.29, 0.717) is 23.0 Å². The minimum absolute atomic E-state index is 0.0690. The molecule has 2 heterocycles. The molecular formula is C40H39F5N4O2. The largest absolute Gasteiger partial charge is 0.416 e. The van der Waals surface area contributed by atoms with Crippen LogP contribution in [0.3, 0.4) is 0 Å². The summed E-state index contributed by atoms with van der Waals surface area (Å²) < 4.78 is 69.5. The average Bonchev–Trinajstić information content (AvgIpc) is 3.67. The van der Waals surface area contributed by atoms with Crippen molar-refractivity contribution in [2.24, 2.45) is 0 Å². The summed E-state index contributed by atoms with van der Waals surface area (Å²) in [6.45, 7) is 6.59. The summed E-state index contributed by atoms with van der Waals surface area (Å²) in [5.41, 5.74) is 1.34. The van der Waals surface area contributed by atoms with E-state index in [0.717, 1.165) is 55.3 Å². The van der Waals surface area contributed by atoms with Gasteiger partial charge in [-0.25, -0.2) is 8.78 Å². The fourth-order valence-corrected chi connectivity index (χ4v) is 6.85. The van der Waals surface area contributed by atoms with Crippen LogP contribution in [0, 0.1) is 11.6 Å². The van der Waals surface area contributed by atoms with Crippen molar-refractivity contribution in [3.8, 4) is 11.1 Å². The normalized spacial score (nSPS) is 13.9. The molecule has 11 heteroatoms. The third-order valence-electron chi connectivity index (χ3n) is 9.68. The number of nitrogens with zero attached hydrogens (tertiary/aromatic N) is 4. The van der Waals surface area contributed by atoms with Gasteiger partial charge in [-0.3, -0.25) is 14.5 Å². The van der Waals surface area contributed by atoms with Crippen LogP contribution in [0.15, 0.2) is 95.8 Å². The number of para-hydroxylation sites is 1. The first kappa shape index (κ1) is 35.9. The molecule has 1 aromatic heterocycles. The van der Waals surface area contributed by atoms with Gasteiger partial charge in [-0.15, -0.1) is 0 Å². The molecule has 0 spiro atoms. The summed E-state index contributed by atoms with van der Waals surface area (Å²) in [5, 5.41) is 0.341. The number of rotatable bonds is 11. The number of carbonyl (C=O) groups is 1. The number of carbonyl (C=O) groups excluding carboxylic acids is 1. The van der Waals surface area contributed by atoms with Crippen LogP contribution in [0.25, 0.3) is 22.0 Å². The molecule has 0 aliphatic carbocycles. The highest BCUT2D eigenvalue weighted by atomic mass is 19.4. The minimum atomic E-state index is -4.42. The zero-order valence-corrected chi connectivity index (χ0v) is 28.5. The summed E-state index contributed by atoms with van der Waals surface area (Å²) in [5.74, 6) is -1.85. The van der Waals surface area contributed by atoms with Crippen molar-refractivity contribution < 1.29 is 26.7 Å². The predicted molar refractivity (Wildman–Crippen MR) is 187 cm³/mol. The van der Waals surface area contributed by atoms with Gasteiger partial charge in [0, 0.05) is 25.0 Å². The maximum Gasteiger partial charge on any atom is 0.416 e. The van der Waals surface area contributed by atoms with Gasteiger partial charge in [0.05, 0.1) is 16.5 Å². The van der Waals surface area contributed by atoms with Crippen molar-refractivity contribution in [2.45, 2.75) is 64.3 Å². The van der Waals surface area contributed by atoms with Crippen molar-refractivity contribution in [3.05, 3.63) is 135 Å². The second kappa shape index (κ2) is 14.8. The van der Waals surface area contributed by atoms with Crippen LogP contribution in [-0.2, 0) is 36.9 Å². The summed E-state index contributed by atoms with van der Waals surface area (Å²) in [6.07, 6.45) is -2.10. The zero-order valence-electron chi connectivity index (χ0n) is 28.5. The molecule has 6 nitrogen and oxygen atoms in total. The number of halogens is 5. The lowest BCUT2D eigenvalue weighted by Crippen LogP contribution is -2.52. The smallest absolute Gasteiger partial charge is 0.335 e. The van der Waals surface area contributed by atoms with Crippen LogP contribution in [0.1, 0.15) is 49.2 Å². The van der Waals surface area contributed by atoms with Crippen molar-refractivity contribution in [1.29, 1.82) is 0 Å². The van der Waals surface area contributed by atoms with Gasteiger partial charge in [0.15, 0.2) is 11.6 Å². The molecule has 1 aliphatic rings. The van der Waals surface area contributed by atoms with Crippen molar-refractivity contribution >= 4 is 16.8 Å². The van der Waals surface area contributed by atoms with Crippen LogP contribution in [0.4, 0.5) is 22.0 Å². The Bertz CT molecular complexity index is 2070. The Morgan fingerprint density at radius 1 is 0.824 bits per heavy atom. The SMILES string of the molecule is CC(C)(CN(Cc1ccc(-c2ccc(C(F)(F)F)cc2)cc1)C(=O)Cn1c(CCc2cccc(F)c2F)nc(=O)c2ccccc21)N1CCCC1. The molecule has 1 aliphatic heterocycles. The predicted octanol–water partition coefficient (Wildman–Crippen LogP) is 8.05. The molecule has 1 fully saturated rings. The summed E-state index contributed by atoms with van der Waals surface area (Å²) in [7, 11) is 0. The second-order valence-electron chi connectivity index (χ2n) is 13.7. The van der Waals surface area contributed by atoms with Crippen LogP contribution < -0.4 is 5.56 Å². The molecule has 5 aromatic rings. The fourth-order valence-electron chi connectivity index (χ4n) is 6.85. The Morgan fingerprint density at radius 3 is 2.14 bits per heavy atom. The maximum atomic E-state index is 14.6. The van der Waals surface area contributed by atoms with Gasteiger partial charge in [0.1, 0.15) is 12.4 Å². The molecule has 0 unspecified atom stereocenters. The Morgan fingerprint density at radius 2 is 1.47 bits per heavy atom. The Labute approximate surface area is 293 Å². The number of aryl methyl sites for hydroxylation is 2. The number of hydrogen-bond acceptors (Lipinski definition) is 4. The molecule has 6 rings (SSSR count). The lowest BCUT2D eigenvalue weighted by Gasteiger charge is -2.40. The molecule has 1 amide bonds. The first-order valence-corrected chi connectivity index (χ1v) is 17.0. The molecule has 266 valence electrons. The zero-order chi connectivity index (χ0) is 36.3. The van der Waals surface area contributed by atoms with Crippen molar-refractivity contribution in [2.75, 3.05) is 19.6 Å². The highest BCUT2D eigenvalue weighted by Gasteiger charge is 2.33. The Balaban J connectivity index is 1.30. The molecule has 51 heavy (non-hydrogen) atoms. The monoisotopic (exact) mass is 702 g/mol. The van der Waals surface area contributed by atoms with Gasteiger partial charge in [-0.05, 0) is 98.8 Å². The molecule has 0 radical (unpaired) electrons. The molecule has 0 N–H and O–H groups in total. The van der Waals surface area contributed by atoms with Crippen LogP contribution >= 0.6 is 0 Å². The third-order valence-corrected chi connectivity index (χ3v) is 9.68. The van der Waals surface area contributed by atoms with E-state index in [1.54, 1.807) is 33.7 Å². The number of alkyl halides is 3. The van der Waals surface area contributed by atoms with Gasteiger partial charge in [0.25, 0.3) is 5.56 Å². The second-order valence-corrected chi connectivity index (χ2v) is 13.7. The quantitative estimate of drug-likeness (QED) is 0.131. The molecule has 0 saturated carbocycles. The number of benzene rings is 4. The summed E-state index contributed by atoms with van der Waals surface area (Å²) in [6, 6.07) is 23.2. The fraction of sp³-hybridized carbons (Fsp3) is 0.325. The van der Waals surface area contributed by atoms with Gasteiger partial charge < -0.3 is 9.47 Å². The standard InChI is InChI=1S/C40H39F5N4O2/c1-39(2,48-22-5-6-23-48)26-47(24-27-12-14-28(15-13-27)29-16-19-31(20-17-29)40(43,44)45)36(50)25-49-34-11-4-3-9-32(34)38(51)46-35(49)21-18-30-8-7-10-33(41)37(30)42/h3-4,7-17,19-20H,5-6,18,21-26H2,1-2H3. The van der Waals surface area contributed by atoms with Gasteiger partial charge in [-0.1, -0.05) is 60.7 Å². The lowest BCUT2D eigenvalue weighted by molar-refractivity contribution is -0.137. The molecule has 0 atom stereocenters. The van der Waals surface area contributed by atoms with E-state index in [2.05, 4.69) is 23.7 Å². The van der Waals surface area contributed by atoms with E-state index >= 15 is 0 Å². The van der Waals surface area contributed by atoms with E-state index in [-0.39, 0.29) is 48.8 Å². The first-order valence-electron chi connectivity index (χ1n) is 17.0. The molecule has 0 bridgehead atoms. The average molecular weight is 703 g/mol. The third kappa shape index (κ3) is 8.20. The van der Waals surface area contributed by atoms with E-state index in [1.165, 1.54) is 24.3 Å². The van der Waals surface area contributed by atoms with Gasteiger partial charge in [-0.2, -0.15) is 18.2 Å². The molecule has 4 aromatic carbocycles. The summed E-state index contributed by atoms with van der Waals surface area (Å²) in [4.78, 5) is 36.0. The number of aromatic nitrogens is 2. The van der Waals surface area contributed by atoms with Gasteiger partial charge in [0.2, 0.25) is 5.91 Å². The van der Waals surface area contributed by atoms with Gasteiger partial charge >= 0.3 is 6.18 Å². The van der Waals surface area contributed by atoms with Crippen LogP contribution in [0.5, 0.6) is 0 Å². The molecule has 1 saturated heterocycles. The van der Waals surface area contributed by atoms with E-state index in [1.807, 2.05) is 24.3 Å². The maximum absolute atomic E-state index is 14.6. The Kier molecular flexibility index (Phi) is 10.4. The molecular weight excluding hydrogens is 663 g/mol. The summed E-state index contributed by atoms with van der Waals surface area (Å²) >= 11 is 0. The Hall–Kier alpha value is -4.90. The number of likely N-dealkylation sites (tertiary alicyclic amines) is 1.